The van der Waals surface area contributed by atoms with Crippen LogP contribution in [0.3, 0.4) is 0 Å². The van der Waals surface area contributed by atoms with Crippen molar-refractivity contribution in [3.05, 3.63) is 75.7 Å². The van der Waals surface area contributed by atoms with Crippen LogP contribution in [-0.4, -0.2) is 56.7 Å². The maximum atomic E-state index is 5.55. The first-order valence-corrected chi connectivity index (χ1v) is 13.5. The number of methoxy groups -OCH3 is 1. The lowest BCUT2D eigenvalue weighted by Crippen LogP contribution is -2.54. The Morgan fingerprint density at radius 2 is 2.03 bits per heavy atom. The van der Waals surface area contributed by atoms with E-state index in [1.807, 2.05) is 11.6 Å². The normalized spacial score (nSPS) is 25.8. The molecule has 0 atom stereocenters. The Hall–Kier alpha value is -1.84. The van der Waals surface area contributed by atoms with Crippen molar-refractivity contribution in [3.63, 3.8) is 0 Å². The highest BCUT2D eigenvalue weighted by Gasteiger charge is 2.43. The molecule has 0 N–H and O–H groups in total. The van der Waals surface area contributed by atoms with Crippen molar-refractivity contribution in [1.29, 1.82) is 0 Å². The second kappa shape index (κ2) is 11.5. The highest BCUT2D eigenvalue weighted by Crippen LogP contribution is 2.41. The molecule has 4 heterocycles. The first-order chi connectivity index (χ1) is 16.2. The SMILES string of the molecule is C/C=c1/ncs/c1=C/CCN1CCC2(CC1)C1=CC=CCCN1/C=C/C=C(OC)\C=C\N2I. The highest BCUT2D eigenvalue weighted by atomic mass is 127. The molecule has 0 aliphatic carbocycles. The van der Waals surface area contributed by atoms with Gasteiger partial charge in [0, 0.05) is 48.8 Å². The highest BCUT2D eigenvalue weighted by molar-refractivity contribution is 14.1. The van der Waals surface area contributed by atoms with E-state index in [4.69, 9.17) is 4.74 Å². The minimum absolute atomic E-state index is 0.0471. The zero-order valence-electron chi connectivity index (χ0n) is 19.5. The van der Waals surface area contributed by atoms with Gasteiger partial charge in [0.25, 0.3) is 0 Å². The van der Waals surface area contributed by atoms with E-state index < -0.39 is 0 Å². The number of hydrogen-bond donors (Lipinski definition) is 0. The summed E-state index contributed by atoms with van der Waals surface area (Å²) in [6.07, 6.45) is 26.2. The van der Waals surface area contributed by atoms with Crippen LogP contribution in [0.15, 0.2) is 65.8 Å². The lowest BCUT2D eigenvalue weighted by molar-refractivity contribution is 0.121. The third-order valence-corrected chi connectivity index (χ3v) is 8.70. The van der Waals surface area contributed by atoms with E-state index in [2.05, 4.69) is 103 Å². The van der Waals surface area contributed by atoms with Crippen LogP contribution in [0.1, 0.15) is 32.6 Å². The average molecular weight is 577 g/mol. The van der Waals surface area contributed by atoms with Crippen molar-refractivity contribution in [2.45, 2.75) is 38.1 Å². The Bertz CT molecular complexity index is 1080. The molecular weight excluding hydrogens is 543 g/mol. The lowest BCUT2D eigenvalue weighted by atomic mass is 9.83. The Labute approximate surface area is 215 Å². The quantitative estimate of drug-likeness (QED) is 0.394. The fourth-order valence-electron chi connectivity index (χ4n) is 4.71. The zero-order valence-corrected chi connectivity index (χ0v) is 22.5. The van der Waals surface area contributed by atoms with Gasteiger partial charge < -0.3 is 17.6 Å². The monoisotopic (exact) mass is 576 g/mol. The molecule has 1 aromatic heterocycles. The molecule has 176 valence electrons. The molecule has 4 rings (SSSR count). The van der Waals surface area contributed by atoms with Gasteiger partial charge in [0.1, 0.15) is 5.76 Å². The maximum absolute atomic E-state index is 5.55. The predicted molar refractivity (Wildman–Crippen MR) is 147 cm³/mol. The van der Waals surface area contributed by atoms with Gasteiger partial charge in [0.2, 0.25) is 0 Å². The number of nitrogens with zero attached hydrogens (tertiary/aromatic N) is 4. The van der Waals surface area contributed by atoms with Crippen LogP contribution < -0.4 is 9.88 Å². The molecule has 0 unspecified atom stereocenters. The second-order valence-corrected chi connectivity index (χ2v) is 10.4. The lowest BCUT2D eigenvalue weighted by Gasteiger charge is -2.49. The first-order valence-electron chi connectivity index (χ1n) is 11.6. The molecule has 3 aliphatic heterocycles. The molecule has 0 saturated carbocycles. The third kappa shape index (κ3) is 5.63. The van der Waals surface area contributed by atoms with Gasteiger partial charge in [0.15, 0.2) is 0 Å². The van der Waals surface area contributed by atoms with Gasteiger partial charge in [-0.15, -0.1) is 11.3 Å². The van der Waals surface area contributed by atoms with E-state index >= 15 is 0 Å². The molecule has 0 bridgehead atoms. The van der Waals surface area contributed by atoms with Crippen LogP contribution in [0.5, 0.6) is 0 Å². The summed E-state index contributed by atoms with van der Waals surface area (Å²) in [5.41, 5.74) is 3.28. The Balaban J connectivity index is 1.53. The number of allylic oxidation sites excluding steroid dienone is 5. The van der Waals surface area contributed by atoms with Crippen molar-refractivity contribution in [3.8, 4) is 0 Å². The second-order valence-electron chi connectivity index (χ2n) is 8.46. The molecule has 5 nitrogen and oxygen atoms in total. The molecule has 3 aliphatic rings. The van der Waals surface area contributed by atoms with Crippen molar-refractivity contribution >= 4 is 46.4 Å². The van der Waals surface area contributed by atoms with E-state index in [-0.39, 0.29) is 5.54 Å². The summed E-state index contributed by atoms with van der Waals surface area (Å²) in [5, 5.41) is 1.11. The topological polar surface area (TPSA) is 31.8 Å². The number of likely N-dealkylation sites (tertiary alicyclic amines) is 1. The third-order valence-electron chi connectivity index (χ3n) is 6.61. The van der Waals surface area contributed by atoms with Crippen molar-refractivity contribution in [2.24, 2.45) is 0 Å². The van der Waals surface area contributed by atoms with Gasteiger partial charge in [-0.3, -0.25) is 0 Å². The van der Waals surface area contributed by atoms with Gasteiger partial charge in [-0.1, -0.05) is 24.3 Å². The molecule has 0 aromatic carbocycles. The van der Waals surface area contributed by atoms with Crippen LogP contribution in [0, 0.1) is 0 Å². The van der Waals surface area contributed by atoms with Gasteiger partial charge >= 0.3 is 0 Å². The van der Waals surface area contributed by atoms with E-state index in [0.29, 0.717) is 0 Å². The first kappa shape index (κ1) is 24.3. The summed E-state index contributed by atoms with van der Waals surface area (Å²) in [6, 6.07) is 0. The van der Waals surface area contributed by atoms with E-state index in [0.717, 1.165) is 63.0 Å². The summed E-state index contributed by atoms with van der Waals surface area (Å²) >= 11 is 4.22. The fourth-order valence-corrected chi connectivity index (χ4v) is 6.39. The number of rotatable bonds is 4. The largest absolute Gasteiger partial charge is 0.497 e. The molecule has 7 heteroatoms. The summed E-state index contributed by atoms with van der Waals surface area (Å²) in [4.78, 5) is 9.47. The molecule has 1 aromatic rings. The number of thiazole rings is 1. The minimum atomic E-state index is -0.0471. The smallest absolute Gasteiger partial charge is 0.120 e. The molecule has 1 fully saturated rings. The van der Waals surface area contributed by atoms with Gasteiger partial charge in [0.05, 0.1) is 46.4 Å². The number of aromatic nitrogens is 1. The summed E-state index contributed by atoms with van der Waals surface area (Å²) < 4.78 is 9.23. The Morgan fingerprint density at radius 1 is 1.18 bits per heavy atom. The van der Waals surface area contributed by atoms with Crippen molar-refractivity contribution in [1.82, 2.24) is 17.9 Å². The fraction of sp³-hybridized carbons (Fsp3) is 0.423. The maximum Gasteiger partial charge on any atom is 0.120 e. The van der Waals surface area contributed by atoms with E-state index in [1.54, 1.807) is 18.4 Å². The molecule has 33 heavy (non-hydrogen) atoms. The zero-order chi connectivity index (χ0) is 23.1. The predicted octanol–water partition coefficient (Wildman–Crippen LogP) is 4.32. The molecule has 1 spiro atoms. The Kier molecular flexibility index (Phi) is 8.49. The van der Waals surface area contributed by atoms with Gasteiger partial charge in [-0.25, -0.2) is 4.98 Å². The number of piperidine rings is 1. The van der Waals surface area contributed by atoms with Crippen LogP contribution in [0.2, 0.25) is 0 Å². The molecule has 0 radical (unpaired) electrons. The van der Waals surface area contributed by atoms with Gasteiger partial charge in [-0.05, 0) is 56.9 Å². The molecular formula is C26H33IN4OS. The van der Waals surface area contributed by atoms with E-state index in [9.17, 15) is 0 Å². The van der Waals surface area contributed by atoms with Crippen LogP contribution in [0.25, 0.3) is 12.2 Å². The summed E-state index contributed by atoms with van der Waals surface area (Å²) in [6.45, 7) is 6.31. The van der Waals surface area contributed by atoms with Gasteiger partial charge in [-0.2, -0.15) is 0 Å². The summed E-state index contributed by atoms with van der Waals surface area (Å²) in [5.74, 6) is 0.864. The number of hydrogen-bond acceptors (Lipinski definition) is 6. The molecule has 1 saturated heterocycles. The summed E-state index contributed by atoms with van der Waals surface area (Å²) in [7, 11) is 1.73. The van der Waals surface area contributed by atoms with Crippen molar-refractivity contribution in [2.75, 3.05) is 33.3 Å². The van der Waals surface area contributed by atoms with Crippen LogP contribution in [0.4, 0.5) is 0 Å². The van der Waals surface area contributed by atoms with Crippen LogP contribution in [-0.2, 0) is 4.74 Å². The number of ether oxygens (including phenoxy) is 1. The number of halogens is 1. The average Bonchev–Trinajstić information content (AvgIpc) is 3.16. The minimum Gasteiger partial charge on any atom is -0.497 e. The van der Waals surface area contributed by atoms with E-state index in [1.165, 1.54) is 10.2 Å². The molecule has 0 amide bonds. The van der Waals surface area contributed by atoms with Crippen molar-refractivity contribution < 1.29 is 4.74 Å². The Morgan fingerprint density at radius 3 is 2.82 bits per heavy atom. The number of fused-ring (bicyclic) bond motifs is 2. The van der Waals surface area contributed by atoms with Crippen LogP contribution >= 0.6 is 34.2 Å². The standard InChI is InChI=1S/C26H33IN4OS/c1-3-23-24(33-21-28-23)10-8-15-29-19-13-26(14-20-29)25-11-5-4-6-16-30(25)17-7-9-22(32-2)12-18-31(26)27/h3-5,7,9-12,17-18,21H,6,8,13-16,19-20H2,1-2H3/b17-7+,18-12+,22-9+,23-3+,24-10+.